The molecule has 18 heavy (non-hydrogen) atoms. The van der Waals surface area contributed by atoms with Gasteiger partial charge in [-0.15, -0.1) is 23.2 Å². The molecule has 0 saturated carbocycles. The van der Waals surface area contributed by atoms with E-state index in [0.29, 0.717) is 11.8 Å². The molecule has 0 aliphatic heterocycles. The lowest BCUT2D eigenvalue weighted by molar-refractivity contribution is 0.653. The van der Waals surface area contributed by atoms with Crippen LogP contribution in [0.15, 0.2) is 24.8 Å². The third kappa shape index (κ3) is 3.27. The van der Waals surface area contributed by atoms with Gasteiger partial charge in [0.1, 0.15) is 11.6 Å². The molecule has 0 radical (unpaired) electrons. The molecule has 0 spiro atoms. The average Bonchev–Trinajstić information content (AvgIpc) is 2.97. The second-order valence-corrected chi connectivity index (χ2v) is 4.71. The summed E-state index contributed by atoms with van der Waals surface area (Å²) >= 11 is 11.5. The number of aromatic nitrogens is 4. The molecule has 2 aromatic rings. The van der Waals surface area contributed by atoms with Crippen LogP contribution in [0.5, 0.6) is 0 Å². The number of aryl methyl sites for hydroxylation is 4. The Hall–Kier alpha value is -1.00. The summed E-state index contributed by atoms with van der Waals surface area (Å²) in [4.78, 5) is 8.70. The SMILES string of the molecule is ClCCn1ccnc1CCc1nccn1CCCl. The molecule has 98 valence electrons. The number of hydrogen-bond donors (Lipinski definition) is 0. The standard InChI is InChI=1S/C12H16Cl2N4/c13-3-7-17-9-5-15-11(17)1-2-12-16-6-10-18(12)8-4-14/h5-6,9-10H,1-4,7-8H2. The highest BCUT2D eigenvalue weighted by atomic mass is 35.5. The topological polar surface area (TPSA) is 35.6 Å². The molecule has 0 bridgehead atoms. The second kappa shape index (κ2) is 6.81. The minimum Gasteiger partial charge on any atom is -0.334 e. The summed E-state index contributed by atoms with van der Waals surface area (Å²) in [5.41, 5.74) is 0. The first kappa shape index (κ1) is 13.4. The quantitative estimate of drug-likeness (QED) is 0.733. The molecule has 0 aliphatic carbocycles. The van der Waals surface area contributed by atoms with Gasteiger partial charge < -0.3 is 9.13 Å². The molecule has 2 heterocycles. The number of halogens is 2. The predicted octanol–water partition coefficient (Wildman–Crippen LogP) is 2.34. The van der Waals surface area contributed by atoms with Crippen LogP contribution < -0.4 is 0 Å². The monoisotopic (exact) mass is 286 g/mol. The summed E-state index contributed by atoms with van der Waals surface area (Å²) in [5, 5.41) is 0. The van der Waals surface area contributed by atoms with Gasteiger partial charge in [0.15, 0.2) is 0 Å². The molecule has 0 amide bonds. The maximum atomic E-state index is 5.75. The summed E-state index contributed by atoms with van der Waals surface area (Å²) in [6.45, 7) is 1.60. The van der Waals surface area contributed by atoms with Gasteiger partial charge >= 0.3 is 0 Å². The van der Waals surface area contributed by atoms with Crippen LogP contribution >= 0.6 is 23.2 Å². The first-order valence-corrected chi connectivity index (χ1v) is 7.04. The lowest BCUT2D eigenvalue weighted by Gasteiger charge is -2.07. The Morgan fingerprint density at radius 3 is 1.67 bits per heavy atom. The summed E-state index contributed by atoms with van der Waals surface area (Å²) in [7, 11) is 0. The molecule has 0 atom stereocenters. The third-order valence-corrected chi connectivity index (χ3v) is 3.16. The van der Waals surface area contributed by atoms with Crippen molar-refractivity contribution in [3.05, 3.63) is 36.4 Å². The Balaban J connectivity index is 1.98. The molecular formula is C12H16Cl2N4. The van der Waals surface area contributed by atoms with Crippen molar-refractivity contribution in [1.29, 1.82) is 0 Å². The Kier molecular flexibility index (Phi) is 5.08. The van der Waals surface area contributed by atoms with E-state index in [-0.39, 0.29) is 0 Å². The number of alkyl halides is 2. The number of nitrogens with zero attached hydrogens (tertiary/aromatic N) is 4. The first-order chi connectivity index (χ1) is 8.85. The molecular weight excluding hydrogens is 271 g/mol. The summed E-state index contributed by atoms with van der Waals surface area (Å²) in [6, 6.07) is 0. The van der Waals surface area contributed by atoms with Gasteiger partial charge in [0.05, 0.1) is 0 Å². The van der Waals surface area contributed by atoms with Crippen molar-refractivity contribution in [2.75, 3.05) is 11.8 Å². The normalized spacial score (nSPS) is 11.0. The minimum atomic E-state index is 0.601. The maximum absolute atomic E-state index is 5.75. The summed E-state index contributed by atoms with van der Waals surface area (Å²) in [6.07, 6.45) is 9.28. The van der Waals surface area contributed by atoms with Crippen LogP contribution in [0, 0.1) is 0 Å². The molecule has 0 N–H and O–H groups in total. The zero-order valence-corrected chi connectivity index (χ0v) is 11.6. The fraction of sp³-hybridized carbons (Fsp3) is 0.500. The van der Waals surface area contributed by atoms with Crippen LogP contribution in [-0.2, 0) is 25.9 Å². The fourth-order valence-corrected chi connectivity index (χ4v) is 2.31. The highest BCUT2D eigenvalue weighted by Gasteiger charge is 2.06. The predicted molar refractivity (Wildman–Crippen MR) is 73.3 cm³/mol. The summed E-state index contributed by atoms with van der Waals surface area (Å²) in [5.74, 6) is 3.31. The number of hydrogen-bond acceptors (Lipinski definition) is 2. The van der Waals surface area contributed by atoms with Gasteiger partial charge in [-0.1, -0.05) is 0 Å². The Morgan fingerprint density at radius 2 is 1.28 bits per heavy atom. The van der Waals surface area contributed by atoms with Crippen molar-refractivity contribution in [2.24, 2.45) is 0 Å². The lowest BCUT2D eigenvalue weighted by Crippen LogP contribution is -2.09. The zero-order valence-electron chi connectivity index (χ0n) is 10.1. The van der Waals surface area contributed by atoms with Crippen LogP contribution in [0.4, 0.5) is 0 Å². The molecule has 0 unspecified atom stereocenters. The molecule has 4 nitrogen and oxygen atoms in total. The van der Waals surface area contributed by atoms with E-state index in [0.717, 1.165) is 37.6 Å². The van der Waals surface area contributed by atoms with Crippen molar-refractivity contribution in [1.82, 2.24) is 19.1 Å². The fourth-order valence-electron chi connectivity index (χ4n) is 1.95. The Bertz CT molecular complexity index is 434. The van der Waals surface area contributed by atoms with E-state index in [9.17, 15) is 0 Å². The van der Waals surface area contributed by atoms with E-state index in [1.807, 2.05) is 24.8 Å². The molecule has 6 heteroatoms. The van der Waals surface area contributed by atoms with Gasteiger partial charge in [-0.05, 0) is 0 Å². The third-order valence-electron chi connectivity index (χ3n) is 2.83. The molecule has 0 fully saturated rings. The van der Waals surface area contributed by atoms with E-state index in [2.05, 4.69) is 19.1 Å². The largest absolute Gasteiger partial charge is 0.334 e. The van der Waals surface area contributed by atoms with Crippen LogP contribution in [0.1, 0.15) is 11.6 Å². The number of imidazole rings is 2. The van der Waals surface area contributed by atoms with Crippen molar-refractivity contribution >= 4 is 23.2 Å². The lowest BCUT2D eigenvalue weighted by atomic mass is 10.3. The van der Waals surface area contributed by atoms with Gasteiger partial charge in [0, 0.05) is 62.5 Å². The van der Waals surface area contributed by atoms with Crippen LogP contribution in [0.3, 0.4) is 0 Å². The molecule has 2 rings (SSSR count). The van der Waals surface area contributed by atoms with Gasteiger partial charge in [-0.3, -0.25) is 0 Å². The second-order valence-electron chi connectivity index (χ2n) is 3.95. The smallest absolute Gasteiger partial charge is 0.109 e. The highest BCUT2D eigenvalue weighted by molar-refractivity contribution is 6.18. The minimum absolute atomic E-state index is 0.601. The molecule has 0 aromatic carbocycles. The van der Waals surface area contributed by atoms with Gasteiger partial charge in [-0.25, -0.2) is 9.97 Å². The average molecular weight is 287 g/mol. The number of rotatable bonds is 7. The van der Waals surface area contributed by atoms with Gasteiger partial charge in [0.25, 0.3) is 0 Å². The van der Waals surface area contributed by atoms with E-state index in [4.69, 9.17) is 23.2 Å². The maximum Gasteiger partial charge on any atom is 0.109 e. The first-order valence-electron chi connectivity index (χ1n) is 5.97. The van der Waals surface area contributed by atoms with Crippen molar-refractivity contribution in [3.63, 3.8) is 0 Å². The van der Waals surface area contributed by atoms with Crippen LogP contribution in [0.2, 0.25) is 0 Å². The van der Waals surface area contributed by atoms with E-state index >= 15 is 0 Å². The zero-order chi connectivity index (χ0) is 12.8. The van der Waals surface area contributed by atoms with E-state index in [1.165, 1.54) is 0 Å². The van der Waals surface area contributed by atoms with Crippen LogP contribution in [0.25, 0.3) is 0 Å². The van der Waals surface area contributed by atoms with E-state index < -0.39 is 0 Å². The molecule has 0 saturated heterocycles. The van der Waals surface area contributed by atoms with Gasteiger partial charge in [-0.2, -0.15) is 0 Å². The van der Waals surface area contributed by atoms with Gasteiger partial charge in [0.2, 0.25) is 0 Å². The van der Waals surface area contributed by atoms with Crippen molar-refractivity contribution in [2.45, 2.75) is 25.9 Å². The van der Waals surface area contributed by atoms with Crippen molar-refractivity contribution in [3.8, 4) is 0 Å². The summed E-state index contributed by atoms with van der Waals surface area (Å²) < 4.78 is 4.17. The van der Waals surface area contributed by atoms with E-state index in [1.54, 1.807) is 0 Å². The highest BCUT2D eigenvalue weighted by Crippen LogP contribution is 2.06. The molecule has 0 aliphatic rings. The van der Waals surface area contributed by atoms with Crippen molar-refractivity contribution < 1.29 is 0 Å². The van der Waals surface area contributed by atoms with Crippen LogP contribution in [-0.4, -0.2) is 30.9 Å². The Labute approximate surface area is 117 Å². The molecule has 2 aromatic heterocycles. The Morgan fingerprint density at radius 1 is 0.833 bits per heavy atom.